The molecule has 0 radical (unpaired) electrons. The summed E-state index contributed by atoms with van der Waals surface area (Å²) in [5.74, 6) is 1.35. The highest BCUT2D eigenvalue weighted by Gasteiger charge is 2.20. The maximum Gasteiger partial charge on any atom is 0.262 e. The van der Waals surface area contributed by atoms with Crippen molar-refractivity contribution >= 4 is 27.3 Å². The molecule has 150 valence electrons. The molecule has 0 saturated carbocycles. The molecule has 1 N–H and O–H groups in total. The summed E-state index contributed by atoms with van der Waals surface area (Å²) in [6.45, 7) is 1.06. The highest BCUT2D eigenvalue weighted by molar-refractivity contribution is 7.92. The van der Waals surface area contributed by atoms with Crippen LogP contribution in [0, 0.1) is 0 Å². The summed E-state index contributed by atoms with van der Waals surface area (Å²) in [4.78, 5) is 4.24. The number of pyridine rings is 1. The number of halogens is 1. The Morgan fingerprint density at radius 2 is 1.86 bits per heavy atom. The quantitative estimate of drug-likeness (QED) is 0.636. The molecule has 2 aromatic carbocycles. The van der Waals surface area contributed by atoms with Crippen LogP contribution in [-0.4, -0.2) is 26.6 Å². The lowest BCUT2D eigenvalue weighted by Gasteiger charge is -2.19. The number of hydrogen-bond donors (Lipinski definition) is 1. The van der Waals surface area contributed by atoms with Crippen LogP contribution in [0.25, 0.3) is 0 Å². The van der Waals surface area contributed by atoms with E-state index in [-0.39, 0.29) is 16.5 Å². The molecule has 2 heterocycles. The van der Waals surface area contributed by atoms with E-state index in [1.54, 1.807) is 24.4 Å². The Morgan fingerprint density at radius 3 is 2.62 bits per heavy atom. The van der Waals surface area contributed by atoms with Gasteiger partial charge in [-0.25, -0.2) is 8.42 Å². The second-order valence-electron chi connectivity index (χ2n) is 6.17. The zero-order valence-electron chi connectivity index (χ0n) is 15.2. The van der Waals surface area contributed by atoms with E-state index >= 15 is 0 Å². The average molecular weight is 433 g/mol. The van der Waals surface area contributed by atoms with Gasteiger partial charge in [-0.3, -0.25) is 9.71 Å². The van der Waals surface area contributed by atoms with E-state index in [2.05, 4.69) is 9.71 Å². The maximum absolute atomic E-state index is 12.7. The minimum absolute atomic E-state index is 0.0633. The predicted molar refractivity (Wildman–Crippen MR) is 108 cm³/mol. The van der Waals surface area contributed by atoms with Gasteiger partial charge < -0.3 is 14.2 Å². The molecule has 0 saturated heterocycles. The zero-order chi connectivity index (χ0) is 20.3. The van der Waals surface area contributed by atoms with Gasteiger partial charge in [0.05, 0.1) is 21.3 Å². The largest absolute Gasteiger partial charge is 0.486 e. The highest BCUT2D eigenvalue weighted by Crippen LogP contribution is 2.33. The van der Waals surface area contributed by atoms with Crippen LogP contribution >= 0.6 is 11.6 Å². The number of aromatic nitrogens is 1. The second-order valence-corrected chi connectivity index (χ2v) is 8.26. The summed E-state index contributed by atoms with van der Waals surface area (Å²) in [6.07, 6.45) is 1.68. The molecular weight excluding hydrogens is 416 g/mol. The normalized spacial score (nSPS) is 13.0. The third-order valence-corrected chi connectivity index (χ3v) is 5.78. The Balaban J connectivity index is 1.48. The number of anilines is 1. The fraction of sp³-hybridized carbons (Fsp3) is 0.150. The van der Waals surface area contributed by atoms with Crippen molar-refractivity contribution < 1.29 is 22.6 Å². The van der Waals surface area contributed by atoms with Gasteiger partial charge in [-0.1, -0.05) is 17.7 Å². The Morgan fingerprint density at radius 1 is 1.03 bits per heavy atom. The number of nitrogens with zero attached hydrogens (tertiary/aromatic N) is 1. The van der Waals surface area contributed by atoms with Gasteiger partial charge in [-0.2, -0.15) is 0 Å². The van der Waals surface area contributed by atoms with Crippen molar-refractivity contribution in [2.75, 3.05) is 17.9 Å². The number of ether oxygens (including phenoxy) is 3. The van der Waals surface area contributed by atoms with E-state index in [0.717, 1.165) is 5.69 Å². The molecule has 29 heavy (non-hydrogen) atoms. The van der Waals surface area contributed by atoms with Gasteiger partial charge in [0, 0.05) is 12.3 Å². The first kappa shape index (κ1) is 19.4. The number of hydrogen-bond acceptors (Lipinski definition) is 6. The van der Waals surface area contributed by atoms with Crippen LogP contribution in [0.5, 0.6) is 17.2 Å². The van der Waals surface area contributed by atoms with Gasteiger partial charge in [0.25, 0.3) is 10.0 Å². The van der Waals surface area contributed by atoms with Gasteiger partial charge in [-0.05, 0) is 42.5 Å². The van der Waals surface area contributed by atoms with Gasteiger partial charge >= 0.3 is 0 Å². The fourth-order valence-electron chi connectivity index (χ4n) is 2.72. The second kappa shape index (κ2) is 8.18. The molecule has 0 spiro atoms. The Hall–Kier alpha value is -2.97. The first-order chi connectivity index (χ1) is 14.0. The molecule has 1 aliphatic rings. The average Bonchev–Trinajstić information content (AvgIpc) is 2.73. The summed E-state index contributed by atoms with van der Waals surface area (Å²) in [6, 6.07) is 14.7. The molecule has 0 amide bonds. The van der Waals surface area contributed by atoms with E-state index in [9.17, 15) is 8.42 Å². The third-order valence-electron chi connectivity index (χ3n) is 4.11. The van der Waals surface area contributed by atoms with Crippen molar-refractivity contribution in [1.29, 1.82) is 0 Å². The molecule has 0 atom stereocenters. The van der Waals surface area contributed by atoms with Crippen molar-refractivity contribution in [3.8, 4) is 17.2 Å². The van der Waals surface area contributed by atoms with Crippen LogP contribution in [0.2, 0.25) is 5.02 Å². The van der Waals surface area contributed by atoms with E-state index in [4.69, 9.17) is 25.8 Å². The zero-order valence-corrected chi connectivity index (χ0v) is 16.7. The van der Waals surface area contributed by atoms with Crippen LogP contribution in [-0.2, 0) is 16.6 Å². The van der Waals surface area contributed by atoms with Gasteiger partial charge in [0.2, 0.25) is 0 Å². The third kappa shape index (κ3) is 4.55. The molecule has 0 bridgehead atoms. The molecule has 0 fully saturated rings. The molecule has 7 nitrogen and oxygen atoms in total. The van der Waals surface area contributed by atoms with Crippen molar-refractivity contribution in [3.63, 3.8) is 0 Å². The van der Waals surface area contributed by atoms with Crippen LogP contribution in [0.4, 0.5) is 5.69 Å². The molecule has 1 aromatic heterocycles. The number of rotatable bonds is 6. The first-order valence-electron chi connectivity index (χ1n) is 8.76. The van der Waals surface area contributed by atoms with Crippen LogP contribution in [0.15, 0.2) is 65.7 Å². The van der Waals surface area contributed by atoms with Gasteiger partial charge in [0.1, 0.15) is 25.6 Å². The van der Waals surface area contributed by atoms with Crippen LogP contribution < -0.4 is 18.9 Å². The van der Waals surface area contributed by atoms with Crippen molar-refractivity contribution in [2.24, 2.45) is 0 Å². The monoisotopic (exact) mass is 432 g/mol. The summed E-state index contributed by atoms with van der Waals surface area (Å²) in [7, 11) is -3.83. The number of sulfonamides is 1. The molecule has 0 aliphatic carbocycles. The van der Waals surface area contributed by atoms with Crippen molar-refractivity contribution in [3.05, 3.63) is 71.5 Å². The first-order valence-corrected chi connectivity index (χ1v) is 10.6. The SMILES string of the molecule is O=S(=O)(Nc1ccc(OCc2ccccn2)c(Cl)c1)c1ccc2c(c1)OCCO2. The van der Waals surface area contributed by atoms with Crippen LogP contribution in [0.3, 0.4) is 0 Å². The number of nitrogens with one attached hydrogen (secondary N) is 1. The summed E-state index contributed by atoms with van der Waals surface area (Å²) in [5, 5.41) is 0.281. The lowest BCUT2D eigenvalue weighted by molar-refractivity contribution is 0.171. The molecule has 0 unspecified atom stereocenters. The minimum Gasteiger partial charge on any atom is -0.486 e. The van der Waals surface area contributed by atoms with Crippen LogP contribution in [0.1, 0.15) is 5.69 Å². The molecular formula is C20H17ClN2O5S. The highest BCUT2D eigenvalue weighted by atomic mass is 35.5. The van der Waals surface area contributed by atoms with E-state index < -0.39 is 10.0 Å². The van der Waals surface area contributed by atoms with E-state index in [1.165, 1.54) is 18.2 Å². The van der Waals surface area contributed by atoms with Gasteiger partial charge in [0.15, 0.2) is 11.5 Å². The summed E-state index contributed by atoms with van der Waals surface area (Å²) in [5.41, 5.74) is 1.07. The molecule has 3 aromatic rings. The smallest absolute Gasteiger partial charge is 0.262 e. The minimum atomic E-state index is -3.83. The van der Waals surface area contributed by atoms with E-state index in [1.807, 2.05) is 18.2 Å². The fourth-order valence-corrected chi connectivity index (χ4v) is 4.02. The number of benzene rings is 2. The van der Waals surface area contributed by atoms with Gasteiger partial charge in [-0.15, -0.1) is 0 Å². The maximum atomic E-state index is 12.7. The van der Waals surface area contributed by atoms with Crippen molar-refractivity contribution in [1.82, 2.24) is 4.98 Å². The summed E-state index contributed by atoms with van der Waals surface area (Å²) >= 11 is 6.25. The summed E-state index contributed by atoms with van der Waals surface area (Å²) < 4.78 is 44.4. The topological polar surface area (TPSA) is 86.8 Å². The Labute approximate surface area is 173 Å². The molecule has 4 rings (SSSR count). The predicted octanol–water partition coefficient (Wildman–Crippen LogP) is 3.89. The van der Waals surface area contributed by atoms with E-state index in [0.29, 0.717) is 36.1 Å². The standard InChI is InChI=1S/C20H17ClN2O5S/c21-17-11-14(4-6-18(17)28-13-15-3-1-2-8-22-15)23-29(24,25)16-5-7-19-20(12-16)27-10-9-26-19/h1-8,11-12,23H,9-10,13H2. The number of fused-ring (bicyclic) bond motifs is 1. The Bertz CT molecular complexity index is 1120. The lowest BCUT2D eigenvalue weighted by Crippen LogP contribution is -2.17. The molecule has 9 heteroatoms. The lowest BCUT2D eigenvalue weighted by atomic mass is 10.3. The molecule has 1 aliphatic heterocycles. The van der Waals surface area contributed by atoms with Crippen molar-refractivity contribution in [2.45, 2.75) is 11.5 Å². The Kier molecular flexibility index (Phi) is 5.46.